The molecule has 9 nitrogen and oxygen atoms in total. The van der Waals surface area contributed by atoms with Crippen LogP contribution in [0.5, 0.6) is 17.2 Å². The van der Waals surface area contributed by atoms with Gasteiger partial charge in [-0.25, -0.2) is 4.39 Å². The van der Waals surface area contributed by atoms with Crippen LogP contribution in [-0.4, -0.2) is 41.2 Å². The van der Waals surface area contributed by atoms with Gasteiger partial charge < -0.3 is 19.3 Å². The normalized spacial score (nSPS) is 15.6. The Morgan fingerprint density at radius 1 is 0.872 bits per heavy atom. The fraction of sp³-hybridized carbons (Fsp3) is 0.143. The number of carbonyl (C=O) groups is 2. The number of carbonyl (C=O) groups excluding carboxylic acids is 2. The van der Waals surface area contributed by atoms with E-state index in [9.17, 15) is 19.1 Å². The van der Waals surface area contributed by atoms with E-state index in [1.54, 1.807) is 18.2 Å². The summed E-state index contributed by atoms with van der Waals surface area (Å²) in [4.78, 5) is 28.6. The fourth-order valence-electron chi connectivity index (χ4n) is 5.10. The van der Waals surface area contributed by atoms with Crippen LogP contribution in [0.1, 0.15) is 28.3 Å². The van der Waals surface area contributed by atoms with Crippen LogP contribution < -0.4 is 19.1 Å². The zero-order valence-electron chi connectivity index (χ0n) is 25.3. The largest absolute Gasteiger partial charge is 0.507 e. The Hall–Kier alpha value is -5.20. The molecule has 5 aromatic rings. The van der Waals surface area contributed by atoms with Gasteiger partial charge in [0.25, 0.3) is 5.78 Å². The summed E-state index contributed by atoms with van der Waals surface area (Å²) in [5, 5.41) is 20.2. The SMILES string of the molecule is COc1ccc(/C(O)=C2\C(=O)C(=O)N(c3nnc(SCc4ccccc4)s3)C2c2ccc(OCc3ccccc3)c(OC)c2)cc1F. The van der Waals surface area contributed by atoms with Crippen molar-refractivity contribution in [2.75, 3.05) is 19.1 Å². The molecule has 1 fully saturated rings. The zero-order valence-corrected chi connectivity index (χ0v) is 26.9. The third-order valence-corrected chi connectivity index (χ3v) is 9.54. The number of aliphatic hydroxyl groups is 1. The van der Waals surface area contributed by atoms with Crippen molar-refractivity contribution < 1.29 is 33.3 Å². The van der Waals surface area contributed by atoms with Gasteiger partial charge in [-0.3, -0.25) is 14.5 Å². The number of halogens is 1. The number of thioether (sulfide) groups is 1. The molecule has 12 heteroatoms. The van der Waals surface area contributed by atoms with E-state index in [1.165, 1.54) is 43.0 Å². The second kappa shape index (κ2) is 14.1. The predicted octanol–water partition coefficient (Wildman–Crippen LogP) is 7.19. The molecule has 0 saturated carbocycles. The Bertz CT molecular complexity index is 1950. The van der Waals surface area contributed by atoms with Gasteiger partial charge >= 0.3 is 5.91 Å². The van der Waals surface area contributed by atoms with Crippen LogP contribution in [0.2, 0.25) is 0 Å². The summed E-state index contributed by atoms with van der Waals surface area (Å²) in [7, 11) is 2.80. The lowest BCUT2D eigenvalue weighted by Crippen LogP contribution is -2.29. The summed E-state index contributed by atoms with van der Waals surface area (Å²) in [5.74, 6) is -1.80. The van der Waals surface area contributed by atoms with Crippen molar-refractivity contribution in [3.63, 3.8) is 0 Å². The lowest BCUT2D eigenvalue weighted by atomic mass is 9.95. The lowest BCUT2D eigenvalue weighted by molar-refractivity contribution is -0.132. The van der Waals surface area contributed by atoms with Crippen LogP contribution in [-0.2, 0) is 21.9 Å². The van der Waals surface area contributed by atoms with Gasteiger partial charge in [-0.2, -0.15) is 0 Å². The topological polar surface area (TPSA) is 111 Å². The Morgan fingerprint density at radius 2 is 1.55 bits per heavy atom. The number of aromatic nitrogens is 2. The van der Waals surface area contributed by atoms with E-state index in [0.717, 1.165) is 28.5 Å². The van der Waals surface area contributed by atoms with E-state index >= 15 is 0 Å². The van der Waals surface area contributed by atoms with Crippen LogP contribution >= 0.6 is 23.1 Å². The summed E-state index contributed by atoms with van der Waals surface area (Å²) in [6.07, 6.45) is 0. The van der Waals surface area contributed by atoms with E-state index in [0.29, 0.717) is 27.2 Å². The minimum absolute atomic E-state index is 0.00236. The van der Waals surface area contributed by atoms with Crippen molar-refractivity contribution in [3.05, 3.63) is 131 Å². The van der Waals surface area contributed by atoms with Gasteiger partial charge in [0.1, 0.15) is 12.4 Å². The summed E-state index contributed by atoms with van der Waals surface area (Å²) in [6.45, 7) is 0.284. The van der Waals surface area contributed by atoms with Gasteiger partial charge in [0, 0.05) is 11.3 Å². The second-order valence-corrected chi connectivity index (χ2v) is 12.5. The average Bonchev–Trinajstić information content (AvgIpc) is 3.68. The van der Waals surface area contributed by atoms with Crippen molar-refractivity contribution in [1.82, 2.24) is 10.2 Å². The molecule has 1 saturated heterocycles. The molecular formula is C35H28FN3O6S2. The van der Waals surface area contributed by atoms with E-state index in [4.69, 9.17) is 14.2 Å². The van der Waals surface area contributed by atoms with Crippen molar-refractivity contribution in [3.8, 4) is 17.2 Å². The second-order valence-electron chi connectivity index (χ2n) is 10.3. The van der Waals surface area contributed by atoms with Gasteiger partial charge in [-0.05, 0) is 47.0 Å². The molecule has 1 unspecified atom stereocenters. The maximum absolute atomic E-state index is 14.7. The first kappa shape index (κ1) is 31.8. The highest BCUT2D eigenvalue weighted by atomic mass is 32.2. The first-order valence-corrected chi connectivity index (χ1v) is 16.2. The van der Waals surface area contributed by atoms with Crippen LogP contribution in [0.3, 0.4) is 0 Å². The van der Waals surface area contributed by atoms with Crippen molar-refractivity contribution in [1.29, 1.82) is 0 Å². The highest BCUT2D eigenvalue weighted by Crippen LogP contribution is 2.46. The standard InChI is InChI=1S/C35H28FN3O6S2/c1-43-26-15-14-24(17-25(26)36)31(40)29-30(23-13-16-27(28(18-23)44-2)45-19-21-9-5-3-6-10-21)39(33(42)32(29)41)34-37-38-35(47-34)46-20-22-11-7-4-8-12-22/h3-18,30,40H,19-20H2,1-2H3/b31-29+. The van der Waals surface area contributed by atoms with Gasteiger partial charge in [-0.1, -0.05) is 89.8 Å². The molecule has 47 heavy (non-hydrogen) atoms. The number of hydrogen-bond donors (Lipinski definition) is 1. The molecule has 1 amide bonds. The number of ketones is 1. The molecule has 0 aliphatic carbocycles. The number of anilines is 1. The van der Waals surface area contributed by atoms with Crippen LogP contribution in [0.25, 0.3) is 5.76 Å². The van der Waals surface area contributed by atoms with Crippen molar-refractivity contribution in [2.24, 2.45) is 0 Å². The number of amides is 1. The zero-order chi connectivity index (χ0) is 32.9. The molecule has 1 atom stereocenters. The van der Waals surface area contributed by atoms with Crippen LogP contribution in [0.4, 0.5) is 9.52 Å². The third kappa shape index (κ3) is 6.69. The summed E-state index contributed by atoms with van der Waals surface area (Å²) >= 11 is 2.59. The number of benzene rings is 4. The fourth-order valence-corrected chi connectivity index (χ4v) is 6.92. The number of hydrogen-bond acceptors (Lipinski definition) is 10. The monoisotopic (exact) mass is 669 g/mol. The first-order valence-electron chi connectivity index (χ1n) is 14.4. The molecule has 2 heterocycles. The number of rotatable bonds is 11. The summed E-state index contributed by atoms with van der Waals surface area (Å²) in [5.41, 5.74) is 2.22. The molecule has 1 aromatic heterocycles. The Labute approximate surface area is 278 Å². The third-order valence-electron chi connectivity index (χ3n) is 7.42. The number of nitrogens with zero attached hydrogens (tertiary/aromatic N) is 3. The predicted molar refractivity (Wildman–Crippen MR) is 177 cm³/mol. The average molecular weight is 670 g/mol. The van der Waals surface area contributed by atoms with Crippen LogP contribution in [0.15, 0.2) is 107 Å². The molecule has 238 valence electrons. The number of Topliss-reactive ketones (excluding diaryl/α,β-unsaturated/α-hetero) is 1. The van der Waals surface area contributed by atoms with Gasteiger partial charge in [0.2, 0.25) is 5.13 Å². The Morgan fingerprint density at radius 3 is 2.23 bits per heavy atom. The number of ether oxygens (including phenoxy) is 3. The minimum Gasteiger partial charge on any atom is -0.507 e. The van der Waals surface area contributed by atoms with E-state index in [2.05, 4.69) is 10.2 Å². The molecule has 1 aliphatic heterocycles. The molecule has 0 radical (unpaired) electrons. The van der Waals surface area contributed by atoms with Crippen molar-refractivity contribution >= 4 is 45.7 Å². The number of aliphatic hydroxyl groups excluding tert-OH is 1. The van der Waals surface area contributed by atoms with Gasteiger partial charge in [0.15, 0.2) is 27.4 Å². The van der Waals surface area contributed by atoms with E-state index in [1.807, 2.05) is 60.7 Å². The summed E-state index contributed by atoms with van der Waals surface area (Å²) < 4.78 is 32.0. The van der Waals surface area contributed by atoms with Crippen molar-refractivity contribution in [2.45, 2.75) is 22.7 Å². The minimum atomic E-state index is -1.14. The molecule has 0 spiro atoms. The lowest BCUT2D eigenvalue weighted by Gasteiger charge is -2.23. The summed E-state index contributed by atoms with van der Waals surface area (Å²) in [6, 6.07) is 27.1. The highest BCUT2D eigenvalue weighted by Gasteiger charge is 2.48. The van der Waals surface area contributed by atoms with Gasteiger partial charge in [0.05, 0.1) is 25.8 Å². The quantitative estimate of drug-likeness (QED) is 0.0514. The maximum atomic E-state index is 14.7. The number of methoxy groups -OCH3 is 2. The first-order chi connectivity index (χ1) is 22.9. The highest BCUT2D eigenvalue weighted by molar-refractivity contribution is 8.00. The van der Waals surface area contributed by atoms with E-state index in [-0.39, 0.29) is 28.6 Å². The maximum Gasteiger partial charge on any atom is 0.301 e. The Balaban J connectivity index is 1.40. The smallest absolute Gasteiger partial charge is 0.301 e. The molecule has 1 aliphatic rings. The van der Waals surface area contributed by atoms with E-state index < -0.39 is 29.3 Å². The molecule has 4 aromatic carbocycles. The molecule has 1 N–H and O–H groups in total. The molecule has 6 rings (SSSR count). The van der Waals surface area contributed by atoms with Crippen LogP contribution in [0, 0.1) is 5.82 Å². The molecular weight excluding hydrogens is 642 g/mol. The van der Waals surface area contributed by atoms with Gasteiger partial charge in [-0.15, -0.1) is 10.2 Å². The Kier molecular flexibility index (Phi) is 9.50. The molecule has 0 bridgehead atoms.